The Labute approximate surface area is 187 Å². The first-order chi connectivity index (χ1) is 12.5. The van der Waals surface area contributed by atoms with Crippen molar-refractivity contribution in [1.29, 1.82) is 0 Å². The molecule has 1 aromatic carbocycles. The minimum absolute atomic E-state index is 0. The van der Waals surface area contributed by atoms with Gasteiger partial charge in [-0.3, -0.25) is 9.98 Å². The van der Waals surface area contributed by atoms with E-state index in [1.54, 1.807) is 24.4 Å². The van der Waals surface area contributed by atoms with Gasteiger partial charge in [0.2, 0.25) is 0 Å². The number of benzene rings is 1. The van der Waals surface area contributed by atoms with Crippen LogP contribution >= 0.6 is 47.2 Å². The van der Waals surface area contributed by atoms with Crippen molar-refractivity contribution in [2.24, 2.45) is 4.99 Å². The molecule has 8 heteroatoms. The molecular formula is C19H25Cl2IN4O. The average Bonchev–Trinajstić information content (AvgIpc) is 2.60. The van der Waals surface area contributed by atoms with Gasteiger partial charge in [0.15, 0.2) is 5.96 Å². The molecule has 1 unspecified atom stereocenters. The number of nitrogens with zero attached hydrogens (tertiary/aromatic N) is 2. The highest BCUT2D eigenvalue weighted by molar-refractivity contribution is 14.0. The second-order valence-corrected chi connectivity index (χ2v) is 6.79. The monoisotopic (exact) mass is 522 g/mol. The van der Waals surface area contributed by atoms with Crippen molar-refractivity contribution in [2.45, 2.75) is 26.4 Å². The molecule has 5 nitrogen and oxygen atoms in total. The van der Waals surface area contributed by atoms with Gasteiger partial charge >= 0.3 is 0 Å². The van der Waals surface area contributed by atoms with Crippen LogP contribution in [0.3, 0.4) is 0 Å². The van der Waals surface area contributed by atoms with Crippen LogP contribution in [0.5, 0.6) is 0 Å². The maximum absolute atomic E-state index is 10.3. The van der Waals surface area contributed by atoms with E-state index in [2.05, 4.69) is 20.6 Å². The summed E-state index contributed by atoms with van der Waals surface area (Å²) in [6, 6.07) is 7.05. The van der Waals surface area contributed by atoms with Gasteiger partial charge < -0.3 is 15.7 Å². The number of aryl methyl sites for hydroxylation is 1. The zero-order valence-corrected chi connectivity index (χ0v) is 19.2. The van der Waals surface area contributed by atoms with Gasteiger partial charge in [0.1, 0.15) is 0 Å². The Kier molecular flexibility index (Phi) is 11.0. The lowest BCUT2D eigenvalue weighted by molar-refractivity contribution is 0.187. The molecule has 0 aliphatic rings. The lowest BCUT2D eigenvalue weighted by atomic mass is 10.1. The van der Waals surface area contributed by atoms with Crippen LogP contribution in [0.2, 0.25) is 10.0 Å². The molecule has 1 heterocycles. The van der Waals surface area contributed by atoms with Crippen LogP contribution < -0.4 is 10.6 Å². The summed E-state index contributed by atoms with van der Waals surface area (Å²) >= 11 is 12.0. The lowest BCUT2D eigenvalue weighted by Gasteiger charge is -2.14. The zero-order chi connectivity index (χ0) is 18.9. The van der Waals surface area contributed by atoms with Crippen LogP contribution in [0.25, 0.3) is 0 Å². The predicted molar refractivity (Wildman–Crippen MR) is 123 cm³/mol. The molecule has 148 valence electrons. The smallest absolute Gasteiger partial charge is 0.191 e. The third-order valence-electron chi connectivity index (χ3n) is 3.86. The van der Waals surface area contributed by atoms with Gasteiger partial charge in [0.25, 0.3) is 0 Å². The number of halogens is 3. The first kappa shape index (κ1) is 23.9. The molecule has 1 atom stereocenters. The fourth-order valence-electron chi connectivity index (χ4n) is 2.49. The molecule has 0 aliphatic heterocycles. The Morgan fingerprint density at radius 1 is 1.22 bits per heavy atom. The molecule has 0 spiro atoms. The Morgan fingerprint density at radius 3 is 2.56 bits per heavy atom. The molecule has 3 N–H and O–H groups in total. The molecule has 0 saturated heterocycles. The summed E-state index contributed by atoms with van der Waals surface area (Å²) in [5.41, 5.74) is 3.07. The summed E-state index contributed by atoms with van der Waals surface area (Å²) < 4.78 is 0. The van der Waals surface area contributed by atoms with Gasteiger partial charge in [-0.1, -0.05) is 23.2 Å². The van der Waals surface area contributed by atoms with Gasteiger partial charge in [0.05, 0.1) is 12.6 Å². The van der Waals surface area contributed by atoms with Crippen molar-refractivity contribution in [1.82, 2.24) is 15.6 Å². The highest BCUT2D eigenvalue weighted by Crippen LogP contribution is 2.23. The summed E-state index contributed by atoms with van der Waals surface area (Å²) in [4.78, 5) is 8.55. The Balaban J connectivity index is 0.00000364. The number of hydrogen-bond acceptors (Lipinski definition) is 3. The fraction of sp³-hybridized carbons (Fsp3) is 0.368. The molecule has 0 saturated carbocycles. The van der Waals surface area contributed by atoms with E-state index in [4.69, 9.17) is 23.2 Å². The Morgan fingerprint density at radius 2 is 1.93 bits per heavy atom. The quantitative estimate of drug-likeness (QED) is 0.290. The largest absolute Gasteiger partial charge is 0.386 e. The van der Waals surface area contributed by atoms with E-state index in [1.807, 2.05) is 26.1 Å². The predicted octanol–water partition coefficient (Wildman–Crippen LogP) is 4.15. The number of aliphatic hydroxyl groups is 1. The first-order valence-electron chi connectivity index (χ1n) is 8.55. The molecular weight excluding hydrogens is 498 g/mol. The maximum atomic E-state index is 10.3. The number of rotatable bonds is 7. The van der Waals surface area contributed by atoms with E-state index in [0.29, 0.717) is 21.6 Å². The van der Waals surface area contributed by atoms with Crippen LogP contribution in [0.4, 0.5) is 0 Å². The molecule has 0 aliphatic carbocycles. The van der Waals surface area contributed by atoms with E-state index in [9.17, 15) is 5.11 Å². The number of aromatic nitrogens is 1. The number of nitrogens with one attached hydrogen (secondary N) is 2. The maximum Gasteiger partial charge on any atom is 0.191 e. The second-order valence-electron chi connectivity index (χ2n) is 5.92. The number of pyridine rings is 1. The summed E-state index contributed by atoms with van der Waals surface area (Å²) in [6.45, 7) is 5.72. The van der Waals surface area contributed by atoms with Crippen LogP contribution in [0.15, 0.2) is 41.7 Å². The topological polar surface area (TPSA) is 69.5 Å². The van der Waals surface area contributed by atoms with Crippen LogP contribution in [0.1, 0.15) is 29.7 Å². The van der Waals surface area contributed by atoms with E-state index in [1.165, 1.54) is 11.1 Å². The van der Waals surface area contributed by atoms with Crippen molar-refractivity contribution in [3.8, 4) is 0 Å². The standard InChI is InChI=1S/C19H24Cl2N4O.HI/c1-3-23-19(24-7-5-14-4-6-22-11-13(14)2)25-12-18(26)15-8-16(20)10-17(21)9-15;/h4,6,8-11,18,26H,3,5,7,12H2,1-2H3,(H2,23,24,25);1H. The van der Waals surface area contributed by atoms with E-state index < -0.39 is 6.10 Å². The molecule has 1 aromatic heterocycles. The lowest BCUT2D eigenvalue weighted by Crippen LogP contribution is -2.38. The molecule has 0 fully saturated rings. The third kappa shape index (κ3) is 8.21. The minimum Gasteiger partial charge on any atom is -0.386 e. The highest BCUT2D eigenvalue weighted by atomic mass is 127. The number of aliphatic hydroxyl groups excluding tert-OH is 1. The van der Waals surface area contributed by atoms with Crippen molar-refractivity contribution >= 4 is 53.1 Å². The summed E-state index contributed by atoms with van der Waals surface area (Å²) in [5, 5.41) is 17.8. The minimum atomic E-state index is -0.774. The van der Waals surface area contributed by atoms with Crippen molar-refractivity contribution in [3.63, 3.8) is 0 Å². The average molecular weight is 523 g/mol. The molecule has 0 radical (unpaired) electrons. The first-order valence-corrected chi connectivity index (χ1v) is 9.31. The number of aliphatic imine (C=N–C) groups is 1. The van der Waals surface area contributed by atoms with E-state index in [0.717, 1.165) is 19.5 Å². The summed E-state index contributed by atoms with van der Waals surface area (Å²) in [6.07, 6.45) is 3.75. The zero-order valence-electron chi connectivity index (χ0n) is 15.4. The number of hydrogen-bond donors (Lipinski definition) is 3. The Bertz CT molecular complexity index is 738. The van der Waals surface area contributed by atoms with E-state index in [-0.39, 0.29) is 30.5 Å². The SMILES string of the molecule is CCNC(=NCC(O)c1cc(Cl)cc(Cl)c1)NCCc1ccncc1C.I. The van der Waals surface area contributed by atoms with Crippen molar-refractivity contribution in [2.75, 3.05) is 19.6 Å². The van der Waals surface area contributed by atoms with Gasteiger partial charge in [-0.15, -0.1) is 24.0 Å². The van der Waals surface area contributed by atoms with Crippen LogP contribution in [-0.4, -0.2) is 35.7 Å². The van der Waals surface area contributed by atoms with Gasteiger partial charge in [0, 0.05) is 35.5 Å². The van der Waals surface area contributed by atoms with Gasteiger partial charge in [-0.25, -0.2) is 0 Å². The van der Waals surface area contributed by atoms with Gasteiger partial charge in [-0.2, -0.15) is 0 Å². The number of guanidine groups is 1. The molecule has 0 amide bonds. The van der Waals surface area contributed by atoms with Crippen LogP contribution in [0, 0.1) is 6.92 Å². The normalized spacial score (nSPS) is 12.3. The molecule has 0 bridgehead atoms. The summed E-state index contributed by atoms with van der Waals surface area (Å²) in [7, 11) is 0. The Hall–Kier alpha value is -1.09. The van der Waals surface area contributed by atoms with E-state index >= 15 is 0 Å². The summed E-state index contributed by atoms with van der Waals surface area (Å²) in [5.74, 6) is 0.659. The molecule has 2 aromatic rings. The van der Waals surface area contributed by atoms with Crippen molar-refractivity contribution < 1.29 is 5.11 Å². The fourth-order valence-corrected chi connectivity index (χ4v) is 3.03. The highest BCUT2D eigenvalue weighted by Gasteiger charge is 2.10. The van der Waals surface area contributed by atoms with Gasteiger partial charge in [-0.05, 0) is 61.2 Å². The third-order valence-corrected chi connectivity index (χ3v) is 4.30. The molecule has 2 rings (SSSR count). The van der Waals surface area contributed by atoms with Crippen molar-refractivity contribution in [3.05, 3.63) is 63.4 Å². The second kappa shape index (κ2) is 12.4. The molecule has 27 heavy (non-hydrogen) atoms. The van der Waals surface area contributed by atoms with Crippen LogP contribution in [-0.2, 0) is 6.42 Å².